The predicted octanol–water partition coefficient (Wildman–Crippen LogP) is 1.78. The summed E-state index contributed by atoms with van der Waals surface area (Å²) in [6.45, 7) is 1.44. The van der Waals surface area contributed by atoms with Gasteiger partial charge in [0.05, 0.1) is 0 Å². The highest BCUT2D eigenvalue weighted by Crippen LogP contribution is 2.21. The first kappa shape index (κ1) is 18.6. The Bertz CT molecular complexity index is 812. The number of amides is 2. The number of pyridine rings is 1. The van der Waals surface area contributed by atoms with Crippen molar-refractivity contribution in [3.8, 4) is 0 Å². The molecule has 2 N–H and O–H groups in total. The first-order valence-electron chi connectivity index (χ1n) is 9.98. The Hall–Kier alpha value is -2.73. The van der Waals surface area contributed by atoms with Gasteiger partial charge < -0.3 is 15.5 Å². The number of aromatic nitrogens is 1. The lowest BCUT2D eigenvalue weighted by atomic mass is 10.0. The molecular weight excluding hydrogens is 352 g/mol. The van der Waals surface area contributed by atoms with Crippen molar-refractivity contribution < 1.29 is 9.59 Å². The summed E-state index contributed by atoms with van der Waals surface area (Å²) >= 11 is 0. The molecule has 0 spiro atoms. The zero-order valence-electron chi connectivity index (χ0n) is 15.9. The van der Waals surface area contributed by atoms with E-state index in [-0.39, 0.29) is 11.8 Å². The van der Waals surface area contributed by atoms with Crippen molar-refractivity contribution in [1.82, 2.24) is 20.5 Å². The highest BCUT2D eigenvalue weighted by Gasteiger charge is 2.34. The number of nitrogens with one attached hydrogen (secondary N) is 2. The van der Waals surface area contributed by atoms with Gasteiger partial charge in [0.15, 0.2) is 0 Å². The fourth-order valence-electron chi connectivity index (χ4n) is 4.15. The monoisotopic (exact) mass is 378 g/mol. The molecule has 3 unspecified atom stereocenters. The molecule has 146 valence electrons. The van der Waals surface area contributed by atoms with Gasteiger partial charge in [-0.2, -0.15) is 0 Å². The summed E-state index contributed by atoms with van der Waals surface area (Å²) in [5.41, 5.74) is 1.49. The molecule has 6 nitrogen and oxygen atoms in total. The van der Waals surface area contributed by atoms with Crippen molar-refractivity contribution >= 4 is 11.8 Å². The number of rotatable bonds is 5. The Labute approximate surface area is 165 Å². The van der Waals surface area contributed by atoms with Crippen LogP contribution in [0, 0.1) is 0 Å². The second-order valence-corrected chi connectivity index (χ2v) is 7.67. The Morgan fingerprint density at radius 1 is 1.11 bits per heavy atom. The Balaban J connectivity index is 1.51. The molecule has 0 saturated carbocycles. The fraction of sp³-hybridized carbons (Fsp3) is 0.409. The third-order valence-electron chi connectivity index (χ3n) is 5.64. The molecule has 2 aliphatic rings. The van der Waals surface area contributed by atoms with E-state index in [9.17, 15) is 9.59 Å². The summed E-state index contributed by atoms with van der Waals surface area (Å²) in [7, 11) is 0. The van der Waals surface area contributed by atoms with E-state index in [1.165, 1.54) is 6.42 Å². The van der Waals surface area contributed by atoms with Crippen LogP contribution in [0.5, 0.6) is 0 Å². The SMILES string of the molecule is O=C(NC(Cc1cccnc1)C(=O)N1CCC2CCC(C1)N2)c1ccccc1. The van der Waals surface area contributed by atoms with Gasteiger partial charge in [0.2, 0.25) is 5.91 Å². The van der Waals surface area contributed by atoms with E-state index in [0.717, 1.165) is 24.9 Å². The summed E-state index contributed by atoms with van der Waals surface area (Å²) in [5.74, 6) is -0.236. The molecule has 2 amide bonds. The van der Waals surface area contributed by atoms with Crippen molar-refractivity contribution in [3.05, 3.63) is 66.0 Å². The summed E-state index contributed by atoms with van der Waals surface area (Å²) < 4.78 is 0. The maximum atomic E-state index is 13.4. The van der Waals surface area contributed by atoms with E-state index in [4.69, 9.17) is 0 Å². The smallest absolute Gasteiger partial charge is 0.251 e. The van der Waals surface area contributed by atoms with E-state index in [0.29, 0.717) is 30.6 Å². The molecule has 0 radical (unpaired) electrons. The molecule has 2 aliphatic heterocycles. The maximum Gasteiger partial charge on any atom is 0.251 e. The molecule has 0 aliphatic carbocycles. The normalized spacial score (nSPS) is 22.4. The molecular formula is C22H26N4O2. The Kier molecular flexibility index (Phi) is 5.67. The first-order valence-corrected chi connectivity index (χ1v) is 9.98. The van der Waals surface area contributed by atoms with E-state index < -0.39 is 6.04 Å². The summed E-state index contributed by atoms with van der Waals surface area (Å²) in [4.78, 5) is 32.1. The molecule has 2 saturated heterocycles. The standard InChI is InChI=1S/C22H26N4O2/c27-21(17-6-2-1-3-7-17)25-20(13-16-5-4-11-23-14-16)22(28)26-12-10-18-8-9-19(15-26)24-18/h1-7,11,14,18-20,24H,8-10,12-13,15H2,(H,25,27). The van der Waals surface area contributed by atoms with Crippen LogP contribution in [0.2, 0.25) is 0 Å². The minimum Gasteiger partial charge on any atom is -0.340 e. The maximum absolute atomic E-state index is 13.4. The largest absolute Gasteiger partial charge is 0.340 e. The van der Waals surface area contributed by atoms with Gasteiger partial charge in [-0.15, -0.1) is 0 Å². The zero-order valence-corrected chi connectivity index (χ0v) is 15.9. The summed E-state index contributed by atoms with van der Waals surface area (Å²) in [6.07, 6.45) is 7.16. The second-order valence-electron chi connectivity index (χ2n) is 7.67. The lowest BCUT2D eigenvalue weighted by molar-refractivity contribution is -0.133. The van der Waals surface area contributed by atoms with Gasteiger partial charge in [-0.05, 0) is 43.0 Å². The number of fused-ring (bicyclic) bond motifs is 2. The van der Waals surface area contributed by atoms with Gasteiger partial charge in [-0.1, -0.05) is 24.3 Å². The first-order chi connectivity index (χ1) is 13.7. The molecule has 3 heterocycles. The van der Waals surface area contributed by atoms with Gasteiger partial charge in [-0.3, -0.25) is 14.6 Å². The predicted molar refractivity (Wildman–Crippen MR) is 107 cm³/mol. The molecule has 2 bridgehead atoms. The molecule has 1 aromatic carbocycles. The molecule has 1 aromatic heterocycles. The van der Waals surface area contributed by atoms with Gasteiger partial charge in [0, 0.05) is 49.6 Å². The Morgan fingerprint density at radius 2 is 1.93 bits per heavy atom. The number of hydrogen-bond acceptors (Lipinski definition) is 4. The van der Waals surface area contributed by atoms with E-state index in [2.05, 4.69) is 15.6 Å². The van der Waals surface area contributed by atoms with Gasteiger partial charge in [0.1, 0.15) is 6.04 Å². The minimum absolute atomic E-state index is 0.0116. The lowest BCUT2D eigenvalue weighted by Crippen LogP contribution is -2.51. The van der Waals surface area contributed by atoms with E-state index >= 15 is 0 Å². The molecule has 2 aromatic rings. The highest BCUT2D eigenvalue weighted by atomic mass is 16.2. The molecule has 6 heteroatoms. The molecule has 4 rings (SSSR count). The van der Waals surface area contributed by atoms with Crippen LogP contribution in [0.1, 0.15) is 35.2 Å². The fourth-order valence-corrected chi connectivity index (χ4v) is 4.15. The van der Waals surface area contributed by atoms with Crippen LogP contribution in [0.4, 0.5) is 0 Å². The molecule has 28 heavy (non-hydrogen) atoms. The van der Waals surface area contributed by atoms with Crippen molar-refractivity contribution in [2.45, 2.75) is 43.8 Å². The molecule has 2 fully saturated rings. The van der Waals surface area contributed by atoms with Gasteiger partial charge in [-0.25, -0.2) is 0 Å². The number of likely N-dealkylation sites (tertiary alicyclic amines) is 1. The van der Waals surface area contributed by atoms with Crippen LogP contribution in [-0.4, -0.2) is 52.9 Å². The van der Waals surface area contributed by atoms with Gasteiger partial charge >= 0.3 is 0 Å². The van der Waals surface area contributed by atoms with Crippen LogP contribution >= 0.6 is 0 Å². The number of hydrogen-bond donors (Lipinski definition) is 2. The Morgan fingerprint density at radius 3 is 2.71 bits per heavy atom. The number of benzene rings is 1. The van der Waals surface area contributed by atoms with Crippen LogP contribution in [0.15, 0.2) is 54.9 Å². The quantitative estimate of drug-likeness (QED) is 0.832. The molecule has 3 atom stereocenters. The van der Waals surface area contributed by atoms with Crippen LogP contribution in [-0.2, 0) is 11.2 Å². The van der Waals surface area contributed by atoms with Crippen LogP contribution < -0.4 is 10.6 Å². The van der Waals surface area contributed by atoms with Crippen molar-refractivity contribution in [2.75, 3.05) is 13.1 Å². The van der Waals surface area contributed by atoms with E-state index in [1.807, 2.05) is 35.2 Å². The van der Waals surface area contributed by atoms with Crippen LogP contribution in [0.3, 0.4) is 0 Å². The third kappa shape index (κ3) is 4.39. The van der Waals surface area contributed by atoms with E-state index in [1.54, 1.807) is 24.5 Å². The number of carbonyl (C=O) groups is 2. The highest BCUT2D eigenvalue weighted by molar-refractivity contribution is 5.97. The average molecular weight is 378 g/mol. The van der Waals surface area contributed by atoms with Crippen LogP contribution in [0.25, 0.3) is 0 Å². The summed E-state index contributed by atoms with van der Waals surface area (Å²) in [6, 6.07) is 13.1. The third-order valence-corrected chi connectivity index (χ3v) is 5.64. The summed E-state index contributed by atoms with van der Waals surface area (Å²) in [5, 5.41) is 6.57. The van der Waals surface area contributed by atoms with Crippen molar-refractivity contribution in [1.29, 1.82) is 0 Å². The van der Waals surface area contributed by atoms with Crippen molar-refractivity contribution in [2.24, 2.45) is 0 Å². The zero-order chi connectivity index (χ0) is 19.3. The number of carbonyl (C=O) groups excluding carboxylic acids is 2. The number of nitrogens with zero attached hydrogens (tertiary/aromatic N) is 2. The minimum atomic E-state index is -0.603. The average Bonchev–Trinajstić information content (AvgIpc) is 3.07. The lowest BCUT2D eigenvalue weighted by Gasteiger charge is -2.29. The topological polar surface area (TPSA) is 74.3 Å². The van der Waals surface area contributed by atoms with Crippen molar-refractivity contribution in [3.63, 3.8) is 0 Å². The second kappa shape index (κ2) is 8.52. The van der Waals surface area contributed by atoms with Gasteiger partial charge in [0.25, 0.3) is 5.91 Å².